The number of rotatable bonds is 10. The van der Waals surface area contributed by atoms with Gasteiger partial charge in [0.05, 0.1) is 0 Å². The van der Waals surface area contributed by atoms with Crippen molar-refractivity contribution in [3.05, 3.63) is 0 Å². The van der Waals surface area contributed by atoms with Gasteiger partial charge in [-0.05, 0) is 41.9 Å². The molecule has 0 amide bonds. The van der Waals surface area contributed by atoms with E-state index in [-0.39, 0.29) is 0 Å². The Morgan fingerprint density at radius 2 is 1.32 bits per heavy atom. The van der Waals surface area contributed by atoms with Gasteiger partial charge >= 0.3 is 0 Å². The Balaban J connectivity index is 4.90. The molecule has 0 aliphatic carbocycles. The zero-order valence-corrected chi connectivity index (χ0v) is 15.0. The maximum Gasteiger partial charge on any atom is -0.0334 e. The Bertz CT molecular complexity index is 206. The van der Waals surface area contributed by atoms with E-state index in [2.05, 4.69) is 55.4 Å². The van der Waals surface area contributed by atoms with Gasteiger partial charge in [-0.2, -0.15) is 0 Å². The monoisotopic (exact) mass is 268 g/mol. The van der Waals surface area contributed by atoms with Crippen molar-refractivity contribution in [2.24, 2.45) is 35.5 Å². The second-order valence-electron chi connectivity index (χ2n) is 7.39. The summed E-state index contributed by atoms with van der Waals surface area (Å²) >= 11 is 0. The first-order valence-corrected chi connectivity index (χ1v) is 8.88. The van der Waals surface area contributed by atoms with Gasteiger partial charge < -0.3 is 0 Å². The van der Waals surface area contributed by atoms with Crippen molar-refractivity contribution in [1.82, 2.24) is 0 Å². The lowest BCUT2D eigenvalue weighted by Gasteiger charge is -2.39. The van der Waals surface area contributed by atoms with Crippen LogP contribution in [0.3, 0.4) is 0 Å². The first-order valence-electron chi connectivity index (χ1n) is 8.88. The van der Waals surface area contributed by atoms with Crippen LogP contribution in [0.4, 0.5) is 0 Å². The molecule has 5 atom stereocenters. The summed E-state index contributed by atoms with van der Waals surface area (Å²) in [5.41, 5.74) is 0. The Morgan fingerprint density at radius 3 is 1.68 bits per heavy atom. The van der Waals surface area contributed by atoms with Gasteiger partial charge in [0.25, 0.3) is 0 Å². The van der Waals surface area contributed by atoms with Crippen molar-refractivity contribution in [1.29, 1.82) is 0 Å². The first-order chi connectivity index (χ1) is 8.88. The van der Waals surface area contributed by atoms with E-state index in [0.717, 1.165) is 35.5 Å². The highest BCUT2D eigenvalue weighted by Gasteiger charge is 2.31. The molecule has 0 rings (SSSR count). The fourth-order valence-corrected chi connectivity index (χ4v) is 4.29. The lowest BCUT2D eigenvalue weighted by Crippen LogP contribution is -2.31. The lowest BCUT2D eigenvalue weighted by atomic mass is 9.67. The quantitative estimate of drug-likeness (QED) is 0.409. The fraction of sp³-hybridized carbons (Fsp3) is 1.00. The standard InChI is InChI=1S/C19H40/c1-9-12-18(11-3)17(8)19(15(6)10-2)16(7)13-14(4)5/h14-19H,9-13H2,1-8H3. The summed E-state index contributed by atoms with van der Waals surface area (Å²) in [6, 6.07) is 0. The number of hydrogen-bond acceptors (Lipinski definition) is 0. The molecule has 0 nitrogen and oxygen atoms in total. The molecule has 19 heavy (non-hydrogen) atoms. The summed E-state index contributed by atoms with van der Waals surface area (Å²) in [6.07, 6.45) is 6.84. The Hall–Kier alpha value is 0. The van der Waals surface area contributed by atoms with Crippen LogP contribution in [-0.4, -0.2) is 0 Å². The Kier molecular flexibility index (Phi) is 9.83. The van der Waals surface area contributed by atoms with E-state index in [1.807, 2.05) is 0 Å². The highest BCUT2D eigenvalue weighted by atomic mass is 14.4. The van der Waals surface area contributed by atoms with E-state index in [0.29, 0.717) is 0 Å². The molecule has 0 N–H and O–H groups in total. The van der Waals surface area contributed by atoms with Gasteiger partial charge in [0.2, 0.25) is 0 Å². The zero-order valence-electron chi connectivity index (χ0n) is 15.0. The molecule has 0 aromatic heterocycles. The van der Waals surface area contributed by atoms with E-state index in [1.165, 1.54) is 32.1 Å². The molecule has 0 aromatic rings. The highest BCUT2D eigenvalue weighted by Crippen LogP contribution is 2.39. The summed E-state index contributed by atoms with van der Waals surface area (Å²) in [5.74, 6) is 5.29. The molecule has 0 bridgehead atoms. The van der Waals surface area contributed by atoms with Crippen LogP contribution in [0.15, 0.2) is 0 Å². The van der Waals surface area contributed by atoms with E-state index < -0.39 is 0 Å². The Morgan fingerprint density at radius 1 is 0.737 bits per heavy atom. The van der Waals surface area contributed by atoms with Crippen molar-refractivity contribution < 1.29 is 0 Å². The van der Waals surface area contributed by atoms with Crippen molar-refractivity contribution in [3.63, 3.8) is 0 Å². The molecule has 116 valence electrons. The Labute approximate surface area is 123 Å². The highest BCUT2D eigenvalue weighted by molar-refractivity contribution is 4.81. The van der Waals surface area contributed by atoms with E-state index in [1.54, 1.807) is 0 Å². The topological polar surface area (TPSA) is 0 Å². The molecule has 0 radical (unpaired) electrons. The van der Waals surface area contributed by atoms with Crippen LogP contribution in [0.25, 0.3) is 0 Å². The van der Waals surface area contributed by atoms with Gasteiger partial charge in [0.15, 0.2) is 0 Å². The van der Waals surface area contributed by atoms with E-state index in [4.69, 9.17) is 0 Å². The molecular weight excluding hydrogens is 228 g/mol. The third-order valence-electron chi connectivity index (χ3n) is 5.34. The van der Waals surface area contributed by atoms with Gasteiger partial charge in [-0.1, -0.05) is 81.1 Å². The van der Waals surface area contributed by atoms with Gasteiger partial charge in [-0.25, -0.2) is 0 Å². The molecule has 0 spiro atoms. The maximum atomic E-state index is 2.54. The van der Waals surface area contributed by atoms with Crippen LogP contribution in [0.1, 0.15) is 87.5 Å². The fourth-order valence-electron chi connectivity index (χ4n) is 4.29. The third kappa shape index (κ3) is 6.32. The largest absolute Gasteiger partial charge is 0.0654 e. The third-order valence-corrected chi connectivity index (χ3v) is 5.34. The SMILES string of the molecule is CCCC(CC)C(C)C(C(C)CC)C(C)CC(C)C. The van der Waals surface area contributed by atoms with E-state index >= 15 is 0 Å². The minimum absolute atomic E-state index is 0.833. The van der Waals surface area contributed by atoms with Crippen LogP contribution < -0.4 is 0 Å². The summed E-state index contributed by atoms with van der Waals surface area (Å²) in [7, 11) is 0. The summed E-state index contributed by atoms with van der Waals surface area (Å²) < 4.78 is 0. The molecule has 0 saturated heterocycles. The van der Waals surface area contributed by atoms with Crippen LogP contribution in [0.2, 0.25) is 0 Å². The first kappa shape index (κ1) is 19.0. The second kappa shape index (κ2) is 9.83. The molecule has 0 aliphatic rings. The van der Waals surface area contributed by atoms with Gasteiger partial charge in [-0.15, -0.1) is 0 Å². The molecule has 0 heteroatoms. The predicted octanol–water partition coefficient (Wildman–Crippen LogP) is 6.79. The smallest absolute Gasteiger partial charge is 0.0334 e. The summed E-state index contributed by atoms with van der Waals surface area (Å²) in [4.78, 5) is 0. The van der Waals surface area contributed by atoms with Gasteiger partial charge in [0.1, 0.15) is 0 Å². The van der Waals surface area contributed by atoms with Gasteiger partial charge in [0, 0.05) is 0 Å². The maximum absolute atomic E-state index is 2.54. The lowest BCUT2D eigenvalue weighted by molar-refractivity contribution is 0.104. The average molecular weight is 269 g/mol. The van der Waals surface area contributed by atoms with Crippen LogP contribution in [0.5, 0.6) is 0 Å². The van der Waals surface area contributed by atoms with Gasteiger partial charge in [-0.3, -0.25) is 0 Å². The molecule has 0 aliphatic heterocycles. The molecule has 0 heterocycles. The zero-order chi connectivity index (χ0) is 15.0. The number of hydrogen-bond donors (Lipinski definition) is 0. The minimum atomic E-state index is 0.833. The van der Waals surface area contributed by atoms with Crippen molar-refractivity contribution >= 4 is 0 Å². The average Bonchev–Trinajstić information content (AvgIpc) is 2.34. The molecular formula is C19H40. The van der Waals surface area contributed by atoms with Crippen molar-refractivity contribution in [2.75, 3.05) is 0 Å². The molecule has 0 fully saturated rings. The predicted molar refractivity (Wildman–Crippen MR) is 89.4 cm³/mol. The summed E-state index contributed by atoms with van der Waals surface area (Å²) in [6.45, 7) is 19.4. The van der Waals surface area contributed by atoms with Crippen LogP contribution in [-0.2, 0) is 0 Å². The minimum Gasteiger partial charge on any atom is -0.0654 e. The molecule has 0 saturated carbocycles. The van der Waals surface area contributed by atoms with E-state index in [9.17, 15) is 0 Å². The van der Waals surface area contributed by atoms with Crippen LogP contribution in [0, 0.1) is 35.5 Å². The second-order valence-corrected chi connectivity index (χ2v) is 7.39. The summed E-state index contributed by atoms with van der Waals surface area (Å²) in [5, 5.41) is 0. The molecule has 0 aromatic carbocycles. The van der Waals surface area contributed by atoms with Crippen molar-refractivity contribution in [3.8, 4) is 0 Å². The van der Waals surface area contributed by atoms with Crippen LogP contribution >= 0.6 is 0 Å². The van der Waals surface area contributed by atoms with Crippen molar-refractivity contribution in [2.45, 2.75) is 87.5 Å². The molecule has 5 unspecified atom stereocenters. The normalized spacial score (nSPS) is 20.1.